The van der Waals surface area contributed by atoms with Crippen LogP contribution in [0.4, 0.5) is 0 Å². The fraction of sp³-hybridized carbons (Fsp3) is 0.367. The Kier molecular flexibility index (Phi) is 7.09. The molecule has 3 aromatic rings. The van der Waals surface area contributed by atoms with Gasteiger partial charge in [0, 0.05) is 28.8 Å². The summed E-state index contributed by atoms with van der Waals surface area (Å²) in [4.78, 5) is 4.94. The van der Waals surface area contributed by atoms with Crippen LogP contribution in [0.25, 0.3) is 0 Å². The van der Waals surface area contributed by atoms with E-state index in [0.717, 1.165) is 40.7 Å². The molecule has 0 aromatic heterocycles. The molecule has 0 radical (unpaired) electrons. The number of aryl methyl sites for hydroxylation is 1. The molecule has 0 aliphatic heterocycles. The summed E-state index contributed by atoms with van der Waals surface area (Å²) in [6, 6.07) is 25.5. The summed E-state index contributed by atoms with van der Waals surface area (Å²) in [6.07, 6.45) is 10.7. The molecular weight excluding hydrogens is 390 g/mol. The Morgan fingerprint density at radius 2 is 1.34 bits per heavy atom. The van der Waals surface area contributed by atoms with Gasteiger partial charge in [0.25, 0.3) is 0 Å². The van der Waals surface area contributed by atoms with Gasteiger partial charge in [-0.3, -0.25) is 4.99 Å². The van der Waals surface area contributed by atoms with Crippen molar-refractivity contribution in [2.24, 2.45) is 4.99 Å². The molecule has 2 heteroatoms. The normalized spacial score (nSPS) is 16.1. The van der Waals surface area contributed by atoms with Crippen molar-refractivity contribution in [3.63, 3.8) is 0 Å². The molecule has 4 rings (SSSR count). The SMILES string of the molecule is Cc1cc(C=NC2CCCCCCC2)c(O)c(C(C)(c2ccccc2)c2ccccc2)c1. The lowest BCUT2D eigenvalue weighted by molar-refractivity contribution is 0.452. The van der Waals surface area contributed by atoms with Crippen LogP contribution in [0.5, 0.6) is 5.75 Å². The molecule has 3 aromatic carbocycles. The van der Waals surface area contributed by atoms with Crippen LogP contribution in [0, 0.1) is 6.92 Å². The van der Waals surface area contributed by atoms with Gasteiger partial charge >= 0.3 is 0 Å². The number of hydrogen-bond donors (Lipinski definition) is 1. The molecule has 32 heavy (non-hydrogen) atoms. The van der Waals surface area contributed by atoms with Crippen LogP contribution in [0.3, 0.4) is 0 Å². The van der Waals surface area contributed by atoms with Gasteiger partial charge in [-0.25, -0.2) is 0 Å². The Labute approximate surface area is 193 Å². The van der Waals surface area contributed by atoms with Gasteiger partial charge in [0.1, 0.15) is 5.75 Å². The van der Waals surface area contributed by atoms with E-state index in [4.69, 9.17) is 4.99 Å². The minimum atomic E-state index is -0.471. The highest BCUT2D eigenvalue weighted by atomic mass is 16.3. The van der Waals surface area contributed by atoms with Crippen LogP contribution in [0.1, 0.15) is 79.7 Å². The van der Waals surface area contributed by atoms with E-state index in [2.05, 4.69) is 74.5 Å². The van der Waals surface area contributed by atoms with Gasteiger partial charge in [-0.15, -0.1) is 0 Å². The van der Waals surface area contributed by atoms with Crippen molar-refractivity contribution < 1.29 is 5.11 Å². The lowest BCUT2D eigenvalue weighted by atomic mass is 9.70. The largest absolute Gasteiger partial charge is 0.507 e. The molecule has 0 spiro atoms. The average molecular weight is 426 g/mol. The van der Waals surface area contributed by atoms with Crippen LogP contribution in [-0.2, 0) is 5.41 Å². The van der Waals surface area contributed by atoms with Gasteiger partial charge in [-0.1, -0.05) is 98.8 Å². The van der Waals surface area contributed by atoms with E-state index in [1.165, 1.54) is 32.1 Å². The molecule has 1 saturated carbocycles. The Morgan fingerprint density at radius 1 is 0.812 bits per heavy atom. The highest BCUT2D eigenvalue weighted by Crippen LogP contribution is 2.44. The fourth-order valence-corrected chi connectivity index (χ4v) is 5.08. The molecule has 0 atom stereocenters. The first-order valence-corrected chi connectivity index (χ1v) is 12.1. The Balaban J connectivity index is 1.78. The van der Waals surface area contributed by atoms with Crippen LogP contribution in [0.2, 0.25) is 0 Å². The summed E-state index contributed by atoms with van der Waals surface area (Å²) in [5.41, 5.74) is 4.73. The first-order valence-electron chi connectivity index (χ1n) is 12.1. The van der Waals surface area contributed by atoms with Crippen LogP contribution < -0.4 is 0 Å². The van der Waals surface area contributed by atoms with Crippen molar-refractivity contribution in [1.29, 1.82) is 0 Å². The topological polar surface area (TPSA) is 32.6 Å². The third-order valence-electron chi connectivity index (χ3n) is 7.02. The van der Waals surface area contributed by atoms with Gasteiger partial charge in [-0.2, -0.15) is 0 Å². The van der Waals surface area contributed by atoms with E-state index in [-0.39, 0.29) is 0 Å². The predicted molar refractivity (Wildman–Crippen MR) is 135 cm³/mol. The molecule has 0 unspecified atom stereocenters. The van der Waals surface area contributed by atoms with E-state index < -0.39 is 5.41 Å². The van der Waals surface area contributed by atoms with Crippen molar-refractivity contribution in [2.75, 3.05) is 0 Å². The second-order valence-electron chi connectivity index (χ2n) is 9.38. The van der Waals surface area contributed by atoms with Gasteiger partial charge in [0.2, 0.25) is 0 Å². The molecule has 2 nitrogen and oxygen atoms in total. The zero-order chi connectivity index (χ0) is 22.4. The third-order valence-corrected chi connectivity index (χ3v) is 7.02. The van der Waals surface area contributed by atoms with Gasteiger partial charge in [0.15, 0.2) is 0 Å². The minimum Gasteiger partial charge on any atom is -0.507 e. The van der Waals surface area contributed by atoms with E-state index in [9.17, 15) is 5.11 Å². The molecule has 0 bridgehead atoms. The third kappa shape index (κ3) is 4.80. The van der Waals surface area contributed by atoms with Crippen molar-refractivity contribution >= 4 is 6.21 Å². The number of hydrogen-bond acceptors (Lipinski definition) is 2. The highest BCUT2D eigenvalue weighted by Gasteiger charge is 2.34. The van der Waals surface area contributed by atoms with Crippen molar-refractivity contribution in [1.82, 2.24) is 0 Å². The van der Waals surface area contributed by atoms with Gasteiger partial charge in [0.05, 0.1) is 0 Å². The van der Waals surface area contributed by atoms with Crippen molar-refractivity contribution in [3.8, 4) is 5.75 Å². The number of aromatic hydroxyl groups is 1. The molecule has 0 amide bonds. The van der Waals surface area contributed by atoms with E-state index in [1.54, 1.807) is 0 Å². The number of phenolic OH excluding ortho intramolecular Hbond substituents is 1. The van der Waals surface area contributed by atoms with E-state index in [1.807, 2.05) is 18.3 Å². The highest BCUT2D eigenvalue weighted by molar-refractivity contribution is 5.85. The summed E-state index contributed by atoms with van der Waals surface area (Å²) in [5, 5.41) is 11.5. The summed E-state index contributed by atoms with van der Waals surface area (Å²) < 4.78 is 0. The Morgan fingerprint density at radius 3 is 1.91 bits per heavy atom. The fourth-order valence-electron chi connectivity index (χ4n) is 5.08. The number of aliphatic imine (C=N–C) groups is 1. The number of nitrogens with zero attached hydrogens (tertiary/aromatic N) is 1. The lowest BCUT2D eigenvalue weighted by Gasteiger charge is -2.33. The summed E-state index contributed by atoms with van der Waals surface area (Å²) in [7, 11) is 0. The van der Waals surface area contributed by atoms with Crippen LogP contribution in [0.15, 0.2) is 77.8 Å². The van der Waals surface area contributed by atoms with Gasteiger partial charge < -0.3 is 5.11 Å². The zero-order valence-corrected chi connectivity index (χ0v) is 19.4. The van der Waals surface area contributed by atoms with Crippen molar-refractivity contribution in [2.45, 2.75) is 70.3 Å². The Bertz CT molecular complexity index is 992. The van der Waals surface area contributed by atoms with E-state index >= 15 is 0 Å². The molecule has 166 valence electrons. The average Bonchev–Trinajstić information content (AvgIpc) is 2.81. The van der Waals surface area contributed by atoms with Crippen LogP contribution in [-0.4, -0.2) is 17.4 Å². The van der Waals surface area contributed by atoms with Crippen molar-refractivity contribution in [3.05, 3.63) is 101 Å². The molecule has 1 N–H and O–H groups in total. The first kappa shape index (κ1) is 22.3. The molecule has 0 heterocycles. The molecule has 1 fully saturated rings. The predicted octanol–water partition coefficient (Wildman–Crippen LogP) is 7.59. The maximum Gasteiger partial charge on any atom is 0.128 e. The maximum absolute atomic E-state index is 11.5. The zero-order valence-electron chi connectivity index (χ0n) is 19.4. The lowest BCUT2D eigenvalue weighted by Crippen LogP contribution is -2.26. The number of benzene rings is 3. The molecular formula is C30H35NO. The summed E-state index contributed by atoms with van der Waals surface area (Å²) in [6.45, 7) is 4.31. The first-order chi connectivity index (χ1) is 15.6. The maximum atomic E-state index is 11.5. The second kappa shape index (κ2) is 10.2. The molecule has 0 saturated heterocycles. The smallest absolute Gasteiger partial charge is 0.128 e. The number of rotatable bonds is 5. The standard InChI is InChI=1S/C30H35NO/c1-23-20-24(22-31-27-18-12-4-3-5-13-19-27)29(32)28(21-23)30(2,25-14-8-6-9-15-25)26-16-10-7-11-17-26/h6-11,14-17,20-22,27,32H,3-5,12-13,18-19H2,1-2H3. The second-order valence-corrected chi connectivity index (χ2v) is 9.38. The molecule has 1 aliphatic rings. The monoisotopic (exact) mass is 425 g/mol. The Hall–Kier alpha value is -2.87. The minimum absolute atomic E-state index is 0.334. The van der Waals surface area contributed by atoms with Gasteiger partial charge in [-0.05, 0) is 49.4 Å². The number of phenols is 1. The molecule has 1 aliphatic carbocycles. The summed E-state index contributed by atoms with van der Waals surface area (Å²) >= 11 is 0. The summed E-state index contributed by atoms with van der Waals surface area (Å²) in [5.74, 6) is 0.334. The van der Waals surface area contributed by atoms with Crippen LogP contribution >= 0.6 is 0 Å². The quantitative estimate of drug-likeness (QED) is 0.331. The van der Waals surface area contributed by atoms with E-state index in [0.29, 0.717) is 11.8 Å².